The van der Waals surface area contributed by atoms with E-state index in [0.29, 0.717) is 34.6 Å². The van der Waals surface area contributed by atoms with E-state index in [9.17, 15) is 0 Å². The van der Waals surface area contributed by atoms with Crippen molar-refractivity contribution in [3.8, 4) is 0 Å². The van der Waals surface area contributed by atoms with Gasteiger partial charge in [0.25, 0.3) is 0 Å². The van der Waals surface area contributed by atoms with Crippen molar-refractivity contribution in [1.29, 1.82) is 0 Å². The van der Waals surface area contributed by atoms with E-state index in [2.05, 4.69) is 15.7 Å². The van der Waals surface area contributed by atoms with Gasteiger partial charge in [0.2, 0.25) is 0 Å². The van der Waals surface area contributed by atoms with Gasteiger partial charge in [-0.05, 0) is 19.4 Å². The molecule has 1 aromatic heterocycles. The summed E-state index contributed by atoms with van der Waals surface area (Å²) in [6, 6.07) is 1.55. The van der Waals surface area contributed by atoms with E-state index < -0.39 is 0 Å². The van der Waals surface area contributed by atoms with Crippen LogP contribution in [0.5, 0.6) is 0 Å². The third-order valence-corrected chi connectivity index (χ3v) is 2.50. The molecule has 0 fully saturated rings. The van der Waals surface area contributed by atoms with Crippen LogP contribution in [-0.2, 0) is 0 Å². The minimum atomic E-state index is -0.370. The summed E-state index contributed by atoms with van der Waals surface area (Å²) in [6.45, 7) is 2.28. The molecule has 0 aliphatic rings. The second kappa shape index (κ2) is 6.10. The van der Waals surface area contributed by atoms with Gasteiger partial charge in [-0.2, -0.15) is 0 Å². The summed E-state index contributed by atoms with van der Waals surface area (Å²) in [7, 11) is 0. The van der Waals surface area contributed by atoms with Crippen LogP contribution in [-0.4, -0.2) is 22.7 Å². The summed E-state index contributed by atoms with van der Waals surface area (Å²) in [4.78, 5) is 4.09. The van der Waals surface area contributed by atoms with Gasteiger partial charge in [-0.3, -0.25) is 0 Å². The minimum absolute atomic E-state index is 0.352. The highest BCUT2D eigenvalue weighted by Gasteiger charge is 2.08. The Bertz CT molecular complexity index is 360. The number of aliphatic hydroxyl groups excluding tert-OH is 1. The Morgan fingerprint density at radius 1 is 1.44 bits per heavy atom. The topological polar surface area (TPSA) is 83.2 Å². The predicted molar refractivity (Wildman–Crippen MR) is 66.9 cm³/mol. The van der Waals surface area contributed by atoms with Gasteiger partial charge in [-0.15, -0.1) is 0 Å². The fourth-order valence-electron chi connectivity index (χ4n) is 1.09. The second-order valence-corrected chi connectivity index (χ2v) is 4.17. The third kappa shape index (κ3) is 3.68. The number of pyridine rings is 1. The molecule has 90 valence electrons. The van der Waals surface area contributed by atoms with Gasteiger partial charge < -0.3 is 15.8 Å². The van der Waals surface area contributed by atoms with E-state index in [1.165, 1.54) is 0 Å². The van der Waals surface area contributed by atoms with Crippen molar-refractivity contribution in [2.75, 3.05) is 17.3 Å². The van der Waals surface area contributed by atoms with Crippen molar-refractivity contribution in [3.05, 3.63) is 16.1 Å². The van der Waals surface area contributed by atoms with E-state index in [1.54, 1.807) is 13.0 Å². The molecule has 16 heavy (non-hydrogen) atoms. The fraction of sp³-hybridized carbons (Fsp3) is 0.444. The summed E-state index contributed by atoms with van der Waals surface area (Å²) in [5.74, 6) is 6.08. The Hall–Kier alpha value is -0.750. The molecule has 1 unspecified atom stereocenters. The Morgan fingerprint density at radius 2 is 2.06 bits per heavy atom. The molecule has 0 radical (unpaired) electrons. The van der Waals surface area contributed by atoms with Crippen LogP contribution >= 0.6 is 23.2 Å². The number of nitrogen functional groups attached to an aromatic ring is 1. The van der Waals surface area contributed by atoms with Gasteiger partial charge in [0, 0.05) is 6.54 Å². The molecule has 1 heterocycles. The standard InChI is InChI=1S/C9H14Cl2N4O/c1-5(16)2-3-13-8-6(10)4-7(11)9(14-8)15-12/h4-5,16H,2-3,12H2,1H3,(H2,13,14,15). The zero-order valence-electron chi connectivity index (χ0n) is 8.80. The van der Waals surface area contributed by atoms with Crippen LogP contribution in [0.1, 0.15) is 13.3 Å². The molecule has 1 aromatic rings. The first-order valence-corrected chi connectivity index (χ1v) is 5.54. The maximum Gasteiger partial charge on any atom is 0.161 e. The number of nitrogens with zero attached hydrogens (tertiary/aromatic N) is 1. The Balaban J connectivity index is 2.72. The van der Waals surface area contributed by atoms with Gasteiger partial charge in [0.05, 0.1) is 16.1 Å². The molecule has 0 bridgehead atoms. The van der Waals surface area contributed by atoms with Crippen molar-refractivity contribution >= 4 is 34.8 Å². The molecule has 1 rings (SSSR count). The van der Waals surface area contributed by atoms with E-state index in [4.69, 9.17) is 34.2 Å². The molecule has 5 nitrogen and oxygen atoms in total. The average Bonchev–Trinajstić information content (AvgIpc) is 2.20. The first-order valence-electron chi connectivity index (χ1n) is 4.79. The van der Waals surface area contributed by atoms with Crippen molar-refractivity contribution < 1.29 is 5.11 Å². The summed E-state index contributed by atoms with van der Waals surface area (Å²) in [5.41, 5.74) is 2.37. The van der Waals surface area contributed by atoms with Crippen LogP contribution in [0.15, 0.2) is 6.07 Å². The number of nitrogens with one attached hydrogen (secondary N) is 2. The monoisotopic (exact) mass is 264 g/mol. The zero-order chi connectivity index (χ0) is 12.1. The van der Waals surface area contributed by atoms with Crippen LogP contribution in [0.25, 0.3) is 0 Å². The fourth-order valence-corrected chi connectivity index (χ4v) is 1.57. The lowest BCUT2D eigenvalue weighted by Gasteiger charge is -2.11. The molecule has 0 aromatic carbocycles. The largest absolute Gasteiger partial charge is 0.393 e. The van der Waals surface area contributed by atoms with Crippen LogP contribution in [0.4, 0.5) is 11.6 Å². The van der Waals surface area contributed by atoms with Crippen molar-refractivity contribution in [2.45, 2.75) is 19.4 Å². The smallest absolute Gasteiger partial charge is 0.161 e. The first kappa shape index (κ1) is 13.3. The highest BCUT2D eigenvalue weighted by atomic mass is 35.5. The quantitative estimate of drug-likeness (QED) is 0.482. The van der Waals surface area contributed by atoms with Crippen molar-refractivity contribution in [2.24, 2.45) is 5.84 Å². The summed E-state index contributed by atoms with van der Waals surface area (Å²) in [6.07, 6.45) is 0.233. The molecular formula is C9H14Cl2N4O. The van der Waals surface area contributed by atoms with Crippen molar-refractivity contribution in [3.63, 3.8) is 0 Å². The second-order valence-electron chi connectivity index (χ2n) is 3.36. The molecule has 0 spiro atoms. The molecule has 1 atom stereocenters. The Labute approximate surface area is 104 Å². The number of nitrogens with two attached hydrogens (primary N) is 1. The molecule has 5 N–H and O–H groups in total. The van der Waals surface area contributed by atoms with Crippen LogP contribution in [0.3, 0.4) is 0 Å². The summed E-state index contributed by atoms with van der Waals surface area (Å²) in [5, 5.41) is 12.9. The number of hydrogen-bond acceptors (Lipinski definition) is 5. The molecule has 7 heteroatoms. The number of halogens is 2. The molecule has 0 saturated heterocycles. The van der Waals surface area contributed by atoms with Gasteiger partial charge in [-0.1, -0.05) is 23.2 Å². The number of aliphatic hydroxyl groups is 1. The molecule has 0 aliphatic carbocycles. The van der Waals surface area contributed by atoms with Gasteiger partial charge in [0.15, 0.2) is 5.82 Å². The Morgan fingerprint density at radius 3 is 2.62 bits per heavy atom. The van der Waals surface area contributed by atoms with E-state index >= 15 is 0 Å². The lowest BCUT2D eigenvalue weighted by molar-refractivity contribution is 0.188. The SMILES string of the molecule is CC(O)CCNc1nc(NN)c(Cl)cc1Cl. The lowest BCUT2D eigenvalue weighted by Crippen LogP contribution is -2.13. The number of aromatic nitrogens is 1. The molecule has 0 amide bonds. The zero-order valence-corrected chi connectivity index (χ0v) is 10.3. The van der Waals surface area contributed by atoms with Crippen LogP contribution in [0.2, 0.25) is 10.0 Å². The molecule has 0 saturated carbocycles. The number of rotatable bonds is 5. The Kier molecular flexibility index (Phi) is 5.08. The van der Waals surface area contributed by atoms with E-state index in [-0.39, 0.29) is 6.10 Å². The number of hydrogen-bond donors (Lipinski definition) is 4. The predicted octanol–water partition coefficient (Wildman–Crippen LogP) is 1.86. The highest BCUT2D eigenvalue weighted by Crippen LogP contribution is 2.28. The first-order chi connectivity index (χ1) is 7.54. The number of anilines is 2. The van der Waals surface area contributed by atoms with E-state index in [0.717, 1.165) is 0 Å². The average molecular weight is 265 g/mol. The normalized spacial score (nSPS) is 12.3. The van der Waals surface area contributed by atoms with Gasteiger partial charge in [-0.25, -0.2) is 10.8 Å². The van der Waals surface area contributed by atoms with Crippen LogP contribution < -0.4 is 16.6 Å². The number of hydrazine groups is 1. The lowest BCUT2D eigenvalue weighted by atomic mass is 10.3. The highest BCUT2D eigenvalue weighted by molar-refractivity contribution is 6.37. The third-order valence-electron chi connectivity index (χ3n) is 1.92. The van der Waals surface area contributed by atoms with Crippen molar-refractivity contribution in [1.82, 2.24) is 4.98 Å². The summed E-state index contributed by atoms with van der Waals surface area (Å²) >= 11 is 11.8. The molecule has 0 aliphatic heterocycles. The van der Waals surface area contributed by atoms with Gasteiger partial charge in [0.1, 0.15) is 5.82 Å². The summed E-state index contributed by atoms with van der Waals surface area (Å²) < 4.78 is 0. The minimum Gasteiger partial charge on any atom is -0.393 e. The maximum absolute atomic E-state index is 9.10. The van der Waals surface area contributed by atoms with Gasteiger partial charge >= 0.3 is 0 Å². The maximum atomic E-state index is 9.10. The molecular weight excluding hydrogens is 251 g/mol. The van der Waals surface area contributed by atoms with Crippen LogP contribution in [0, 0.1) is 0 Å². The van der Waals surface area contributed by atoms with E-state index in [1.807, 2.05) is 0 Å².